The van der Waals surface area contributed by atoms with Gasteiger partial charge in [-0.15, -0.1) is 0 Å². The molecule has 1 N–H and O–H groups in total. The minimum Gasteiger partial charge on any atom is -0.458 e. The van der Waals surface area contributed by atoms with E-state index in [0.717, 1.165) is 25.7 Å². The average Bonchev–Trinajstić information content (AvgIpc) is 3.10. The SMILES string of the molecule is C=C1C(=O)OC2CC3(C)CCC(O)C4(CO4)C3CC12. The molecule has 2 saturated carbocycles. The Morgan fingerprint density at radius 1 is 1.47 bits per heavy atom. The third-order valence-corrected chi connectivity index (χ3v) is 6.04. The van der Waals surface area contributed by atoms with Crippen LogP contribution in [0.4, 0.5) is 0 Å². The van der Waals surface area contributed by atoms with Crippen LogP contribution in [0.3, 0.4) is 0 Å². The van der Waals surface area contributed by atoms with Gasteiger partial charge in [-0.2, -0.15) is 0 Å². The number of hydrogen-bond donors (Lipinski definition) is 1. The van der Waals surface area contributed by atoms with Gasteiger partial charge >= 0.3 is 5.97 Å². The van der Waals surface area contributed by atoms with E-state index in [-0.39, 0.29) is 35.1 Å². The van der Waals surface area contributed by atoms with E-state index in [1.165, 1.54) is 0 Å². The van der Waals surface area contributed by atoms with Crippen molar-refractivity contribution in [2.24, 2.45) is 17.3 Å². The molecule has 4 heteroatoms. The molecule has 4 aliphatic rings. The van der Waals surface area contributed by atoms with Gasteiger partial charge in [0.1, 0.15) is 11.7 Å². The van der Waals surface area contributed by atoms with Crippen LogP contribution in [-0.4, -0.2) is 35.5 Å². The maximum Gasteiger partial charge on any atom is 0.334 e. The van der Waals surface area contributed by atoms with Crippen LogP contribution in [0.2, 0.25) is 0 Å². The molecule has 0 aromatic carbocycles. The van der Waals surface area contributed by atoms with Crippen LogP contribution >= 0.6 is 0 Å². The van der Waals surface area contributed by atoms with Gasteiger partial charge in [-0.05, 0) is 37.0 Å². The average molecular weight is 264 g/mol. The molecule has 2 heterocycles. The molecule has 0 aromatic heterocycles. The molecule has 2 saturated heterocycles. The summed E-state index contributed by atoms with van der Waals surface area (Å²) in [5, 5.41) is 10.3. The van der Waals surface area contributed by atoms with Crippen molar-refractivity contribution in [3.8, 4) is 0 Å². The van der Waals surface area contributed by atoms with Crippen molar-refractivity contribution in [3.63, 3.8) is 0 Å². The van der Waals surface area contributed by atoms with Crippen LogP contribution in [0.25, 0.3) is 0 Å². The summed E-state index contributed by atoms with van der Waals surface area (Å²) in [6.07, 6.45) is 3.16. The van der Waals surface area contributed by atoms with E-state index < -0.39 is 0 Å². The predicted octanol–water partition coefficient (Wildman–Crippen LogP) is 1.42. The molecule has 104 valence electrons. The molecule has 2 aliphatic carbocycles. The van der Waals surface area contributed by atoms with Crippen molar-refractivity contribution in [2.75, 3.05) is 6.61 Å². The highest BCUT2D eigenvalue weighted by molar-refractivity contribution is 5.90. The minimum absolute atomic E-state index is 0.00714. The molecule has 1 spiro atoms. The Morgan fingerprint density at radius 3 is 2.89 bits per heavy atom. The normalized spacial score (nSPS) is 55.7. The third kappa shape index (κ3) is 1.39. The van der Waals surface area contributed by atoms with Crippen molar-refractivity contribution in [2.45, 2.75) is 50.4 Å². The first-order valence-electron chi connectivity index (χ1n) is 7.18. The Balaban J connectivity index is 1.69. The summed E-state index contributed by atoms with van der Waals surface area (Å²) in [6, 6.07) is 0. The van der Waals surface area contributed by atoms with E-state index in [1.807, 2.05) is 0 Å². The van der Waals surface area contributed by atoms with Crippen LogP contribution in [0.5, 0.6) is 0 Å². The standard InChI is InChI=1S/C15H20O4/c1-8-9-5-11-14(2,6-10(9)19-13(8)17)4-3-12(16)15(11)7-18-15/h9-12,16H,1,3-7H2,2H3. The molecule has 0 aromatic rings. The monoisotopic (exact) mass is 264 g/mol. The van der Waals surface area contributed by atoms with Crippen molar-refractivity contribution in [1.29, 1.82) is 0 Å². The fraction of sp³-hybridized carbons (Fsp3) is 0.800. The van der Waals surface area contributed by atoms with Gasteiger partial charge in [0.05, 0.1) is 12.7 Å². The van der Waals surface area contributed by atoms with Crippen molar-refractivity contribution in [3.05, 3.63) is 12.2 Å². The molecule has 0 amide bonds. The lowest BCUT2D eigenvalue weighted by atomic mass is 9.53. The molecule has 0 radical (unpaired) electrons. The van der Waals surface area contributed by atoms with E-state index in [1.54, 1.807) is 0 Å². The van der Waals surface area contributed by atoms with E-state index in [2.05, 4.69) is 13.5 Å². The Bertz CT molecular complexity index is 467. The summed E-state index contributed by atoms with van der Waals surface area (Å²) in [7, 11) is 0. The molecule has 6 unspecified atom stereocenters. The van der Waals surface area contributed by atoms with Gasteiger partial charge in [0.25, 0.3) is 0 Å². The van der Waals surface area contributed by atoms with Crippen LogP contribution < -0.4 is 0 Å². The molecule has 19 heavy (non-hydrogen) atoms. The number of carbonyl (C=O) groups excluding carboxylic acids is 1. The summed E-state index contributed by atoms with van der Waals surface area (Å²) in [5.41, 5.74) is 0.383. The van der Waals surface area contributed by atoms with Crippen molar-refractivity contribution < 1.29 is 19.4 Å². The van der Waals surface area contributed by atoms with Gasteiger partial charge < -0.3 is 14.6 Å². The number of aliphatic hydroxyl groups excluding tert-OH is 1. The first-order chi connectivity index (χ1) is 8.96. The lowest BCUT2D eigenvalue weighted by Crippen LogP contribution is -2.55. The van der Waals surface area contributed by atoms with E-state index >= 15 is 0 Å². The number of hydrogen-bond acceptors (Lipinski definition) is 4. The second-order valence-electron chi connectivity index (χ2n) is 7.02. The smallest absolute Gasteiger partial charge is 0.334 e. The molecule has 6 atom stereocenters. The molecule has 4 fully saturated rings. The number of epoxide rings is 1. The van der Waals surface area contributed by atoms with Crippen molar-refractivity contribution >= 4 is 5.97 Å². The van der Waals surface area contributed by atoms with Gasteiger partial charge in [-0.3, -0.25) is 0 Å². The van der Waals surface area contributed by atoms with Crippen LogP contribution in [-0.2, 0) is 14.3 Å². The second kappa shape index (κ2) is 3.41. The molecule has 2 aliphatic heterocycles. The van der Waals surface area contributed by atoms with Gasteiger partial charge in [0, 0.05) is 11.5 Å². The minimum atomic E-state index is -0.353. The second-order valence-corrected chi connectivity index (χ2v) is 7.02. The number of fused-ring (bicyclic) bond motifs is 3. The zero-order valence-electron chi connectivity index (χ0n) is 11.2. The molecular formula is C15H20O4. The topological polar surface area (TPSA) is 59.1 Å². The van der Waals surface area contributed by atoms with Gasteiger partial charge in [0.15, 0.2) is 0 Å². The van der Waals surface area contributed by atoms with Crippen LogP contribution in [0.1, 0.15) is 32.6 Å². The lowest BCUT2D eigenvalue weighted by Gasteiger charge is -2.52. The molecular weight excluding hydrogens is 244 g/mol. The summed E-state index contributed by atoms with van der Waals surface area (Å²) < 4.78 is 11.2. The van der Waals surface area contributed by atoms with E-state index in [0.29, 0.717) is 18.1 Å². The first kappa shape index (κ1) is 11.9. The van der Waals surface area contributed by atoms with Crippen molar-refractivity contribution in [1.82, 2.24) is 0 Å². The predicted molar refractivity (Wildman–Crippen MR) is 67.3 cm³/mol. The number of esters is 1. The maximum atomic E-state index is 11.7. The Kier molecular flexibility index (Phi) is 2.14. The van der Waals surface area contributed by atoms with Gasteiger partial charge in [-0.25, -0.2) is 4.79 Å². The summed E-state index contributed by atoms with van der Waals surface area (Å²) in [4.78, 5) is 11.7. The zero-order chi connectivity index (χ0) is 13.4. The van der Waals surface area contributed by atoms with Crippen LogP contribution in [0.15, 0.2) is 12.2 Å². The molecule has 4 nitrogen and oxygen atoms in total. The highest BCUT2D eigenvalue weighted by Crippen LogP contribution is 2.62. The fourth-order valence-corrected chi connectivity index (χ4v) is 4.77. The summed E-state index contributed by atoms with van der Waals surface area (Å²) >= 11 is 0. The summed E-state index contributed by atoms with van der Waals surface area (Å²) in [5.74, 6) is 0.205. The largest absolute Gasteiger partial charge is 0.458 e. The highest BCUT2D eigenvalue weighted by Gasteiger charge is 2.67. The Labute approximate surface area is 112 Å². The maximum absolute atomic E-state index is 11.7. The van der Waals surface area contributed by atoms with E-state index in [9.17, 15) is 9.90 Å². The number of rotatable bonds is 0. The van der Waals surface area contributed by atoms with Gasteiger partial charge in [-0.1, -0.05) is 13.5 Å². The Hall–Kier alpha value is -0.870. The quantitative estimate of drug-likeness (QED) is 0.408. The van der Waals surface area contributed by atoms with Gasteiger partial charge in [0.2, 0.25) is 0 Å². The summed E-state index contributed by atoms with van der Waals surface area (Å²) in [6.45, 7) is 6.81. The number of carbonyl (C=O) groups is 1. The first-order valence-corrected chi connectivity index (χ1v) is 7.18. The fourth-order valence-electron chi connectivity index (χ4n) is 4.77. The van der Waals surface area contributed by atoms with E-state index in [4.69, 9.17) is 9.47 Å². The highest BCUT2D eigenvalue weighted by atomic mass is 16.6. The zero-order valence-corrected chi connectivity index (χ0v) is 11.2. The van der Waals surface area contributed by atoms with Crippen LogP contribution in [0, 0.1) is 17.3 Å². The molecule has 0 bridgehead atoms. The number of aliphatic hydroxyl groups is 1. The third-order valence-electron chi connectivity index (χ3n) is 6.04. The molecule has 4 rings (SSSR count). The lowest BCUT2D eigenvalue weighted by molar-refractivity contribution is -0.147. The Morgan fingerprint density at radius 2 is 2.21 bits per heavy atom. The number of ether oxygens (including phenoxy) is 2.